The number of carbonyl (C=O) groups excluding carboxylic acids is 1. The minimum Gasteiger partial charge on any atom is -0.493 e. The van der Waals surface area contributed by atoms with Crippen LogP contribution in [0, 0.1) is 0 Å². The van der Waals surface area contributed by atoms with Crippen LogP contribution in [0.2, 0.25) is 0 Å². The molecule has 3 rings (SSSR count). The second-order valence-electron chi connectivity index (χ2n) is 6.41. The van der Waals surface area contributed by atoms with Crippen molar-refractivity contribution in [3.05, 3.63) is 54.1 Å². The van der Waals surface area contributed by atoms with Crippen molar-refractivity contribution < 1.29 is 14.3 Å². The standard InChI is InChI=1S/C21H25NO3/c1-3-25-18-12-11-17(15-19(18)24-2)22-20(23)21(13-7-8-14-21)16-9-5-4-6-10-16/h4-6,9-12,15H,3,7-8,13-14H2,1-2H3,(H,22,23). The molecule has 0 aliphatic heterocycles. The summed E-state index contributed by atoms with van der Waals surface area (Å²) in [4.78, 5) is 13.2. The number of rotatable bonds is 6. The summed E-state index contributed by atoms with van der Waals surface area (Å²) in [6.07, 6.45) is 3.93. The van der Waals surface area contributed by atoms with Crippen LogP contribution in [0.1, 0.15) is 38.2 Å². The fourth-order valence-electron chi connectivity index (χ4n) is 3.65. The van der Waals surface area contributed by atoms with E-state index in [2.05, 4.69) is 17.4 Å². The van der Waals surface area contributed by atoms with Gasteiger partial charge in [-0.25, -0.2) is 0 Å². The van der Waals surface area contributed by atoms with Crippen molar-refractivity contribution in [1.82, 2.24) is 0 Å². The molecule has 0 bridgehead atoms. The van der Waals surface area contributed by atoms with E-state index >= 15 is 0 Å². The maximum Gasteiger partial charge on any atom is 0.235 e. The predicted molar refractivity (Wildman–Crippen MR) is 99.4 cm³/mol. The summed E-state index contributed by atoms with van der Waals surface area (Å²) in [6.45, 7) is 2.50. The SMILES string of the molecule is CCOc1ccc(NC(=O)C2(c3ccccc3)CCCC2)cc1OC. The largest absolute Gasteiger partial charge is 0.493 e. The predicted octanol–water partition coefficient (Wildman–Crippen LogP) is 4.54. The molecule has 1 aliphatic rings. The first-order valence-electron chi connectivity index (χ1n) is 8.87. The quantitative estimate of drug-likeness (QED) is 0.840. The Morgan fingerprint density at radius 1 is 1.08 bits per heavy atom. The molecule has 1 aliphatic carbocycles. The smallest absolute Gasteiger partial charge is 0.235 e. The summed E-state index contributed by atoms with van der Waals surface area (Å²) in [6, 6.07) is 15.6. The van der Waals surface area contributed by atoms with E-state index in [9.17, 15) is 4.79 Å². The molecule has 25 heavy (non-hydrogen) atoms. The number of hydrogen-bond donors (Lipinski definition) is 1. The second kappa shape index (κ2) is 7.60. The zero-order chi connectivity index (χ0) is 17.7. The summed E-state index contributed by atoms with van der Waals surface area (Å²) in [5.74, 6) is 1.36. The van der Waals surface area contributed by atoms with E-state index in [4.69, 9.17) is 9.47 Å². The van der Waals surface area contributed by atoms with Gasteiger partial charge in [-0.2, -0.15) is 0 Å². The number of hydrogen-bond acceptors (Lipinski definition) is 3. The Bertz CT molecular complexity index is 721. The highest BCUT2D eigenvalue weighted by atomic mass is 16.5. The molecule has 4 heteroatoms. The Morgan fingerprint density at radius 2 is 1.80 bits per heavy atom. The van der Waals surface area contributed by atoms with E-state index in [0.29, 0.717) is 18.1 Å². The lowest BCUT2D eigenvalue weighted by atomic mass is 9.78. The number of methoxy groups -OCH3 is 1. The van der Waals surface area contributed by atoms with Crippen molar-refractivity contribution >= 4 is 11.6 Å². The van der Waals surface area contributed by atoms with Gasteiger partial charge in [0.25, 0.3) is 0 Å². The van der Waals surface area contributed by atoms with E-state index in [1.165, 1.54) is 0 Å². The van der Waals surface area contributed by atoms with Crippen LogP contribution < -0.4 is 14.8 Å². The molecule has 4 nitrogen and oxygen atoms in total. The number of carbonyl (C=O) groups is 1. The van der Waals surface area contributed by atoms with Crippen LogP contribution in [0.4, 0.5) is 5.69 Å². The van der Waals surface area contributed by atoms with E-state index in [0.717, 1.165) is 36.9 Å². The molecule has 0 atom stereocenters. The van der Waals surface area contributed by atoms with Gasteiger partial charge in [-0.3, -0.25) is 4.79 Å². The van der Waals surface area contributed by atoms with Gasteiger partial charge in [-0.05, 0) is 37.5 Å². The van der Waals surface area contributed by atoms with Crippen molar-refractivity contribution in [3.63, 3.8) is 0 Å². The minimum atomic E-state index is -0.437. The van der Waals surface area contributed by atoms with Gasteiger partial charge in [0, 0.05) is 11.8 Å². The average Bonchev–Trinajstić information content (AvgIpc) is 3.15. The molecule has 132 valence electrons. The Kier molecular flexibility index (Phi) is 5.27. The number of nitrogens with one attached hydrogen (secondary N) is 1. The van der Waals surface area contributed by atoms with Gasteiger partial charge in [0.1, 0.15) is 0 Å². The fourth-order valence-corrected chi connectivity index (χ4v) is 3.65. The third kappa shape index (κ3) is 3.48. The minimum absolute atomic E-state index is 0.0578. The van der Waals surface area contributed by atoms with Crippen molar-refractivity contribution in [2.45, 2.75) is 38.0 Å². The third-order valence-corrected chi connectivity index (χ3v) is 4.94. The Hall–Kier alpha value is -2.49. The number of anilines is 1. The van der Waals surface area contributed by atoms with Crippen molar-refractivity contribution in [2.75, 3.05) is 19.0 Å². The number of benzene rings is 2. The van der Waals surface area contributed by atoms with Crippen molar-refractivity contribution in [2.24, 2.45) is 0 Å². The topological polar surface area (TPSA) is 47.6 Å². The molecule has 0 unspecified atom stereocenters. The summed E-state index contributed by atoms with van der Waals surface area (Å²) in [5.41, 5.74) is 1.39. The summed E-state index contributed by atoms with van der Waals surface area (Å²) >= 11 is 0. The lowest BCUT2D eigenvalue weighted by Crippen LogP contribution is -2.37. The maximum atomic E-state index is 13.2. The highest BCUT2D eigenvalue weighted by Gasteiger charge is 2.42. The lowest BCUT2D eigenvalue weighted by molar-refractivity contribution is -0.121. The molecule has 2 aromatic rings. The molecular formula is C21H25NO3. The summed E-state index contributed by atoms with van der Waals surface area (Å²) in [7, 11) is 1.60. The molecule has 1 N–H and O–H groups in total. The summed E-state index contributed by atoms with van der Waals surface area (Å²) < 4.78 is 10.9. The van der Waals surface area contributed by atoms with Gasteiger partial charge in [0.05, 0.1) is 19.1 Å². The Balaban J connectivity index is 1.85. The first kappa shape index (κ1) is 17.3. The van der Waals surface area contributed by atoms with Crippen LogP contribution in [-0.4, -0.2) is 19.6 Å². The molecular weight excluding hydrogens is 314 g/mol. The highest BCUT2D eigenvalue weighted by Crippen LogP contribution is 2.42. The van der Waals surface area contributed by atoms with E-state index < -0.39 is 5.41 Å². The second-order valence-corrected chi connectivity index (χ2v) is 6.41. The van der Waals surface area contributed by atoms with E-state index in [-0.39, 0.29) is 5.91 Å². The van der Waals surface area contributed by atoms with Crippen LogP contribution in [0.3, 0.4) is 0 Å². The Labute approximate surface area is 149 Å². The van der Waals surface area contributed by atoms with Gasteiger partial charge in [0.15, 0.2) is 11.5 Å². The van der Waals surface area contributed by atoms with Gasteiger partial charge in [0.2, 0.25) is 5.91 Å². The first-order chi connectivity index (χ1) is 12.2. The van der Waals surface area contributed by atoms with E-state index in [1.807, 2.05) is 43.3 Å². The van der Waals surface area contributed by atoms with Crippen molar-refractivity contribution in [1.29, 1.82) is 0 Å². The van der Waals surface area contributed by atoms with Crippen LogP contribution in [-0.2, 0) is 10.2 Å². The van der Waals surface area contributed by atoms with Gasteiger partial charge in [-0.15, -0.1) is 0 Å². The summed E-state index contributed by atoms with van der Waals surface area (Å²) in [5, 5.41) is 3.09. The molecule has 2 aromatic carbocycles. The highest BCUT2D eigenvalue weighted by molar-refractivity contribution is 5.99. The first-order valence-corrected chi connectivity index (χ1v) is 8.87. The average molecular weight is 339 g/mol. The number of ether oxygens (including phenoxy) is 2. The monoisotopic (exact) mass is 339 g/mol. The van der Waals surface area contributed by atoms with Crippen LogP contribution in [0.25, 0.3) is 0 Å². The molecule has 0 aromatic heterocycles. The van der Waals surface area contributed by atoms with Crippen LogP contribution in [0.5, 0.6) is 11.5 Å². The Morgan fingerprint density at radius 3 is 2.44 bits per heavy atom. The third-order valence-electron chi connectivity index (χ3n) is 4.94. The van der Waals surface area contributed by atoms with Gasteiger partial charge in [-0.1, -0.05) is 43.2 Å². The number of amides is 1. The lowest BCUT2D eigenvalue weighted by Gasteiger charge is -2.28. The zero-order valence-corrected chi connectivity index (χ0v) is 14.9. The molecule has 1 fully saturated rings. The van der Waals surface area contributed by atoms with Crippen LogP contribution >= 0.6 is 0 Å². The fraction of sp³-hybridized carbons (Fsp3) is 0.381. The zero-order valence-electron chi connectivity index (χ0n) is 14.9. The normalized spacial score (nSPS) is 15.6. The van der Waals surface area contributed by atoms with Crippen molar-refractivity contribution in [3.8, 4) is 11.5 Å². The molecule has 1 amide bonds. The maximum absolute atomic E-state index is 13.2. The molecule has 0 radical (unpaired) electrons. The molecule has 0 saturated heterocycles. The molecule has 1 saturated carbocycles. The van der Waals surface area contributed by atoms with Gasteiger partial charge < -0.3 is 14.8 Å². The molecule has 0 heterocycles. The van der Waals surface area contributed by atoms with Crippen LogP contribution in [0.15, 0.2) is 48.5 Å². The van der Waals surface area contributed by atoms with E-state index in [1.54, 1.807) is 7.11 Å². The van der Waals surface area contributed by atoms with Gasteiger partial charge >= 0.3 is 0 Å². The molecule has 0 spiro atoms.